The van der Waals surface area contributed by atoms with Gasteiger partial charge in [-0.25, -0.2) is 0 Å². The molecule has 0 aliphatic carbocycles. The molecule has 2 N–H and O–H groups in total. The molecule has 1 aromatic heterocycles. The van der Waals surface area contributed by atoms with Gasteiger partial charge in [0.05, 0.1) is 11.1 Å². The Morgan fingerprint density at radius 1 is 0.848 bits per heavy atom. The first-order valence-corrected chi connectivity index (χ1v) is 10.2. The number of nitrogens with one attached hydrogen (secondary N) is 2. The Morgan fingerprint density at radius 3 is 2.30 bits per heavy atom. The summed E-state index contributed by atoms with van der Waals surface area (Å²) in [4.78, 5) is 38.5. The molecule has 1 atom stereocenters. The molecule has 2 amide bonds. The standard InChI is InChI=1S/C24H18N4O5/c29-22(20-14-32-18-12-6-7-13-19(18)33-20)25-26-23(30)21-16-10-4-5-11-17(16)24(31)28(27-21)15-8-2-1-3-9-15/h1-13,20H,14H2,(H,25,29)(H,26,30). The Labute approximate surface area is 187 Å². The molecular weight excluding hydrogens is 424 g/mol. The van der Waals surface area contributed by atoms with Gasteiger partial charge in [-0.3, -0.25) is 25.2 Å². The van der Waals surface area contributed by atoms with E-state index in [1.165, 1.54) is 0 Å². The van der Waals surface area contributed by atoms with E-state index in [-0.39, 0.29) is 17.9 Å². The second-order valence-electron chi connectivity index (χ2n) is 7.25. The fraction of sp³-hybridized carbons (Fsp3) is 0.0833. The van der Waals surface area contributed by atoms with Gasteiger partial charge >= 0.3 is 0 Å². The number of amides is 2. The number of nitrogens with zero attached hydrogens (tertiary/aromatic N) is 2. The highest BCUT2D eigenvalue weighted by Gasteiger charge is 2.28. The topological polar surface area (TPSA) is 112 Å². The van der Waals surface area contributed by atoms with Gasteiger partial charge in [-0.2, -0.15) is 9.78 Å². The maximum atomic E-state index is 13.0. The highest BCUT2D eigenvalue weighted by Crippen LogP contribution is 2.30. The smallest absolute Gasteiger partial charge is 0.290 e. The maximum absolute atomic E-state index is 13.0. The summed E-state index contributed by atoms with van der Waals surface area (Å²) in [6.07, 6.45) is -0.942. The van der Waals surface area contributed by atoms with Crippen LogP contribution in [0.15, 0.2) is 83.7 Å². The molecule has 0 bridgehead atoms. The summed E-state index contributed by atoms with van der Waals surface area (Å²) >= 11 is 0. The molecule has 1 unspecified atom stereocenters. The van der Waals surface area contributed by atoms with Gasteiger partial charge in [-0.1, -0.05) is 48.5 Å². The van der Waals surface area contributed by atoms with Gasteiger partial charge in [0.1, 0.15) is 6.61 Å². The van der Waals surface area contributed by atoms with Gasteiger partial charge in [-0.05, 0) is 30.3 Å². The predicted octanol–water partition coefficient (Wildman–Crippen LogP) is 1.99. The van der Waals surface area contributed by atoms with Crippen LogP contribution < -0.4 is 25.9 Å². The van der Waals surface area contributed by atoms with Crippen molar-refractivity contribution >= 4 is 22.6 Å². The molecule has 3 aromatic carbocycles. The fourth-order valence-electron chi connectivity index (χ4n) is 3.51. The average molecular weight is 442 g/mol. The van der Waals surface area contributed by atoms with Crippen molar-refractivity contribution in [2.75, 3.05) is 6.61 Å². The summed E-state index contributed by atoms with van der Waals surface area (Å²) in [5.74, 6) is -0.276. The lowest BCUT2D eigenvalue weighted by Crippen LogP contribution is -2.51. The predicted molar refractivity (Wildman–Crippen MR) is 119 cm³/mol. The van der Waals surface area contributed by atoms with Gasteiger partial charge < -0.3 is 9.47 Å². The molecule has 0 saturated heterocycles. The number of hydrogen-bond donors (Lipinski definition) is 2. The van der Waals surface area contributed by atoms with Gasteiger partial charge in [0.25, 0.3) is 17.4 Å². The van der Waals surface area contributed by atoms with E-state index in [9.17, 15) is 14.4 Å². The van der Waals surface area contributed by atoms with Crippen LogP contribution in [-0.2, 0) is 4.79 Å². The van der Waals surface area contributed by atoms with Gasteiger partial charge in [0.15, 0.2) is 17.2 Å². The van der Waals surface area contributed by atoms with Crippen molar-refractivity contribution in [3.05, 3.63) is 94.9 Å². The summed E-state index contributed by atoms with van der Waals surface area (Å²) in [6.45, 7) is -0.00121. The van der Waals surface area contributed by atoms with Crippen LogP contribution >= 0.6 is 0 Å². The molecule has 9 nitrogen and oxygen atoms in total. The van der Waals surface area contributed by atoms with Crippen LogP contribution in [0.5, 0.6) is 11.5 Å². The van der Waals surface area contributed by atoms with E-state index in [1.807, 2.05) is 6.07 Å². The van der Waals surface area contributed by atoms with Crippen molar-refractivity contribution in [3.63, 3.8) is 0 Å². The highest BCUT2D eigenvalue weighted by molar-refractivity contribution is 6.05. The van der Waals surface area contributed by atoms with Crippen molar-refractivity contribution in [2.24, 2.45) is 0 Å². The monoisotopic (exact) mass is 442 g/mol. The van der Waals surface area contributed by atoms with Gasteiger partial charge in [-0.15, -0.1) is 0 Å². The molecule has 0 fully saturated rings. The molecule has 5 rings (SSSR count). The highest BCUT2D eigenvalue weighted by atomic mass is 16.6. The molecule has 0 saturated carbocycles. The summed E-state index contributed by atoms with van der Waals surface area (Å²) < 4.78 is 12.3. The normalized spacial score (nSPS) is 14.5. The molecule has 164 valence electrons. The van der Waals surface area contributed by atoms with Crippen molar-refractivity contribution in [3.8, 4) is 17.2 Å². The number of rotatable bonds is 3. The summed E-state index contributed by atoms with van der Waals surface area (Å²) in [7, 11) is 0. The third kappa shape index (κ3) is 3.87. The molecule has 4 aromatic rings. The average Bonchev–Trinajstić information content (AvgIpc) is 2.87. The number of fused-ring (bicyclic) bond motifs is 2. The SMILES string of the molecule is O=C(NNC(=O)C1COc2ccccc2O1)c1nn(-c2ccccc2)c(=O)c2ccccc12. The van der Waals surface area contributed by atoms with Crippen LogP contribution in [0, 0.1) is 0 Å². The second-order valence-corrected chi connectivity index (χ2v) is 7.25. The Hall–Kier alpha value is -4.66. The van der Waals surface area contributed by atoms with Crippen LogP contribution in [0.1, 0.15) is 10.5 Å². The zero-order chi connectivity index (χ0) is 22.8. The van der Waals surface area contributed by atoms with Crippen LogP contribution in [-0.4, -0.2) is 34.3 Å². The van der Waals surface area contributed by atoms with E-state index in [0.717, 1.165) is 4.68 Å². The fourth-order valence-corrected chi connectivity index (χ4v) is 3.51. The Bertz CT molecular complexity index is 1420. The molecule has 9 heteroatoms. The lowest BCUT2D eigenvalue weighted by Gasteiger charge is -2.25. The van der Waals surface area contributed by atoms with E-state index in [1.54, 1.807) is 72.8 Å². The number of carbonyl (C=O) groups is 2. The molecule has 33 heavy (non-hydrogen) atoms. The molecule has 0 radical (unpaired) electrons. The maximum Gasteiger partial charge on any atom is 0.290 e. The number of hydrogen-bond acceptors (Lipinski definition) is 6. The second kappa shape index (κ2) is 8.46. The molecule has 2 heterocycles. The van der Waals surface area contributed by atoms with E-state index in [0.29, 0.717) is 28.0 Å². The summed E-state index contributed by atoms with van der Waals surface area (Å²) in [5, 5.41) is 4.97. The summed E-state index contributed by atoms with van der Waals surface area (Å²) in [5.41, 5.74) is 4.85. The molecule has 1 aliphatic heterocycles. The number of hydrazine groups is 1. The Balaban J connectivity index is 1.39. The third-order valence-corrected chi connectivity index (χ3v) is 5.12. The van der Waals surface area contributed by atoms with Crippen LogP contribution in [0.2, 0.25) is 0 Å². The number of benzene rings is 3. The van der Waals surface area contributed by atoms with Crippen molar-refractivity contribution < 1.29 is 19.1 Å². The lowest BCUT2D eigenvalue weighted by atomic mass is 10.1. The van der Waals surface area contributed by atoms with Crippen molar-refractivity contribution in [1.82, 2.24) is 20.6 Å². The van der Waals surface area contributed by atoms with Crippen molar-refractivity contribution in [2.45, 2.75) is 6.10 Å². The lowest BCUT2D eigenvalue weighted by molar-refractivity contribution is -0.131. The number of aromatic nitrogens is 2. The minimum Gasteiger partial charge on any atom is -0.485 e. The quantitative estimate of drug-likeness (QED) is 0.470. The van der Waals surface area contributed by atoms with E-state index in [4.69, 9.17) is 9.47 Å². The molecule has 0 spiro atoms. The largest absolute Gasteiger partial charge is 0.485 e. The molecular formula is C24H18N4O5. The minimum absolute atomic E-state index is 0.00121. The Morgan fingerprint density at radius 2 is 1.52 bits per heavy atom. The van der Waals surface area contributed by atoms with E-state index in [2.05, 4.69) is 16.0 Å². The zero-order valence-corrected chi connectivity index (χ0v) is 17.2. The van der Waals surface area contributed by atoms with Crippen molar-refractivity contribution in [1.29, 1.82) is 0 Å². The molecule has 1 aliphatic rings. The number of para-hydroxylation sites is 3. The van der Waals surface area contributed by atoms with Crippen LogP contribution in [0.4, 0.5) is 0 Å². The minimum atomic E-state index is -0.942. The van der Waals surface area contributed by atoms with Crippen LogP contribution in [0.3, 0.4) is 0 Å². The number of carbonyl (C=O) groups excluding carboxylic acids is 2. The summed E-state index contributed by atoms with van der Waals surface area (Å²) in [6, 6.07) is 22.4. The third-order valence-electron chi connectivity index (χ3n) is 5.12. The van der Waals surface area contributed by atoms with E-state index < -0.39 is 17.9 Å². The first-order chi connectivity index (χ1) is 16.1. The first-order valence-electron chi connectivity index (χ1n) is 10.2. The Kier molecular flexibility index (Phi) is 5.19. The number of ether oxygens (including phenoxy) is 2. The van der Waals surface area contributed by atoms with Crippen LogP contribution in [0.25, 0.3) is 16.5 Å². The van der Waals surface area contributed by atoms with E-state index >= 15 is 0 Å². The zero-order valence-electron chi connectivity index (χ0n) is 17.2. The van der Waals surface area contributed by atoms with Gasteiger partial charge in [0, 0.05) is 5.39 Å². The van der Waals surface area contributed by atoms with Gasteiger partial charge in [0.2, 0.25) is 6.10 Å². The first kappa shape index (κ1) is 20.3.